The quantitative estimate of drug-likeness (QED) is 0.237. The summed E-state index contributed by atoms with van der Waals surface area (Å²) in [4.78, 5) is 20.8. The first kappa shape index (κ1) is 27.1. The molecule has 0 atom stereocenters. The van der Waals surface area contributed by atoms with Gasteiger partial charge in [-0.05, 0) is 60.1 Å². The van der Waals surface area contributed by atoms with Gasteiger partial charge in [0, 0.05) is 18.8 Å². The second kappa shape index (κ2) is 11.4. The summed E-state index contributed by atoms with van der Waals surface area (Å²) in [6, 6.07) is 32.1. The molecule has 1 saturated carbocycles. The number of halogens is 2. The monoisotopic (exact) mass is 553 g/mol. The van der Waals surface area contributed by atoms with Gasteiger partial charge in [0.25, 0.3) is 0 Å². The molecular formula is C34H33F2N3O2. The summed E-state index contributed by atoms with van der Waals surface area (Å²) in [6.07, 6.45) is 3.38. The normalized spacial score (nSPS) is 16.7. The Bertz CT molecular complexity index is 1460. The van der Waals surface area contributed by atoms with Gasteiger partial charge in [-0.25, -0.2) is 4.98 Å². The molecule has 41 heavy (non-hydrogen) atoms. The molecule has 0 unspecified atom stereocenters. The molecule has 5 nitrogen and oxygen atoms in total. The Morgan fingerprint density at radius 2 is 1.51 bits per heavy atom. The Labute approximate surface area is 239 Å². The van der Waals surface area contributed by atoms with Crippen molar-refractivity contribution in [3.63, 3.8) is 0 Å². The maximum Gasteiger partial charge on any atom is 0.388 e. The Kier molecular flexibility index (Phi) is 7.54. The highest BCUT2D eigenvalue weighted by molar-refractivity contribution is 6.01. The van der Waals surface area contributed by atoms with Crippen LogP contribution in [0.1, 0.15) is 59.2 Å². The van der Waals surface area contributed by atoms with E-state index in [9.17, 15) is 13.6 Å². The van der Waals surface area contributed by atoms with Crippen LogP contribution in [-0.4, -0.2) is 35.5 Å². The fourth-order valence-electron chi connectivity index (χ4n) is 6.20. The number of hydrogen-bond acceptors (Lipinski definition) is 4. The first-order valence-electron chi connectivity index (χ1n) is 14.1. The van der Waals surface area contributed by atoms with Crippen molar-refractivity contribution in [2.45, 2.75) is 50.2 Å². The van der Waals surface area contributed by atoms with E-state index in [0.717, 1.165) is 29.5 Å². The van der Waals surface area contributed by atoms with Gasteiger partial charge >= 0.3 is 6.61 Å². The van der Waals surface area contributed by atoms with Crippen LogP contribution in [0.2, 0.25) is 0 Å². The maximum absolute atomic E-state index is 14.4. The number of likely N-dealkylation sites (tertiary alicyclic amines) is 1. The van der Waals surface area contributed by atoms with Gasteiger partial charge < -0.3 is 10.1 Å². The minimum Gasteiger partial charge on any atom is -0.415 e. The number of ether oxygens (including phenoxy) is 1. The summed E-state index contributed by atoms with van der Waals surface area (Å²) in [6.45, 7) is -0.412. The maximum atomic E-state index is 14.4. The van der Waals surface area contributed by atoms with Gasteiger partial charge in [-0.1, -0.05) is 91.3 Å². The van der Waals surface area contributed by atoms with Crippen LogP contribution in [0, 0.1) is 6.92 Å². The summed E-state index contributed by atoms with van der Waals surface area (Å²) < 4.78 is 31.1. The predicted octanol–water partition coefficient (Wildman–Crippen LogP) is 7.24. The van der Waals surface area contributed by atoms with Crippen molar-refractivity contribution in [3.8, 4) is 5.88 Å². The zero-order valence-electron chi connectivity index (χ0n) is 23.0. The minimum absolute atomic E-state index is 0.0343. The van der Waals surface area contributed by atoms with Gasteiger partial charge in [0.1, 0.15) is 5.69 Å². The Morgan fingerprint density at radius 1 is 0.902 bits per heavy atom. The zero-order valence-corrected chi connectivity index (χ0v) is 23.0. The van der Waals surface area contributed by atoms with E-state index in [-0.39, 0.29) is 23.5 Å². The number of aryl methyl sites for hydroxylation is 1. The lowest BCUT2D eigenvalue weighted by Gasteiger charge is -2.53. The van der Waals surface area contributed by atoms with Crippen molar-refractivity contribution < 1.29 is 18.3 Å². The lowest BCUT2D eigenvalue weighted by Crippen LogP contribution is -2.66. The minimum atomic E-state index is -3.05. The second-order valence-electron chi connectivity index (χ2n) is 11.1. The molecule has 2 fully saturated rings. The molecule has 2 heterocycles. The highest BCUT2D eigenvalue weighted by atomic mass is 19.3. The van der Waals surface area contributed by atoms with Crippen LogP contribution in [0.15, 0.2) is 97.1 Å². The molecule has 0 radical (unpaired) electrons. The van der Waals surface area contributed by atoms with Crippen LogP contribution in [0.3, 0.4) is 0 Å². The van der Waals surface area contributed by atoms with E-state index < -0.39 is 12.0 Å². The molecule has 2 aliphatic rings. The van der Waals surface area contributed by atoms with Crippen LogP contribution >= 0.6 is 0 Å². The number of carbonyl (C=O) groups excluding carboxylic acids is 1. The molecule has 0 spiro atoms. The summed E-state index contributed by atoms with van der Waals surface area (Å²) in [5.74, 6) is -0.105. The summed E-state index contributed by atoms with van der Waals surface area (Å²) >= 11 is 0. The lowest BCUT2D eigenvalue weighted by atomic mass is 9.66. The average molecular weight is 554 g/mol. The third-order valence-electron chi connectivity index (χ3n) is 8.45. The molecule has 6 rings (SSSR count). The molecule has 1 aliphatic heterocycles. The van der Waals surface area contributed by atoms with Crippen molar-refractivity contribution in [2.75, 3.05) is 18.4 Å². The number of nitrogens with zero attached hydrogens (tertiary/aromatic N) is 2. The van der Waals surface area contributed by atoms with Crippen LogP contribution in [0.25, 0.3) is 0 Å². The number of amides is 1. The lowest BCUT2D eigenvalue weighted by molar-refractivity contribution is -0.129. The zero-order chi connectivity index (χ0) is 28.4. The molecular weight excluding hydrogens is 520 g/mol. The fraction of sp³-hybridized carbons (Fsp3) is 0.294. The van der Waals surface area contributed by atoms with Gasteiger partial charge in [0.2, 0.25) is 11.8 Å². The molecule has 4 aromatic rings. The van der Waals surface area contributed by atoms with E-state index in [2.05, 4.69) is 51.6 Å². The largest absolute Gasteiger partial charge is 0.415 e. The third-order valence-corrected chi connectivity index (χ3v) is 8.45. The predicted molar refractivity (Wildman–Crippen MR) is 155 cm³/mol. The number of nitrogens with one attached hydrogen (secondary N) is 1. The standard InChI is InChI=1S/C34H33F2N3O2/c1-23-19-20-29(31(37-23)41-33(35)36)38-32(40)34(28-18-9-8-17-27(28)24-15-10-16-24)21-39(22-34)30(25-11-4-2-5-12-25)26-13-6-3-7-14-26/h2-9,11-14,17-20,24,30,33H,10,15-16,21-22H2,1H3,(H,38,40). The SMILES string of the molecule is Cc1ccc(NC(=O)C2(c3ccccc3C3CCC3)CN(C(c3ccccc3)c3ccccc3)C2)c(OC(F)F)n1. The summed E-state index contributed by atoms with van der Waals surface area (Å²) in [5, 5.41) is 2.94. The van der Waals surface area contributed by atoms with Crippen molar-refractivity contribution in [1.29, 1.82) is 0 Å². The number of benzene rings is 3. The first-order valence-corrected chi connectivity index (χ1v) is 14.1. The number of rotatable bonds is 9. The van der Waals surface area contributed by atoms with E-state index in [0.29, 0.717) is 24.7 Å². The van der Waals surface area contributed by atoms with Crippen molar-refractivity contribution in [1.82, 2.24) is 9.88 Å². The smallest absolute Gasteiger partial charge is 0.388 e. The van der Waals surface area contributed by atoms with Gasteiger partial charge in [-0.15, -0.1) is 0 Å². The molecule has 1 aromatic heterocycles. The Morgan fingerprint density at radius 3 is 2.10 bits per heavy atom. The number of pyridine rings is 1. The number of carbonyl (C=O) groups is 1. The summed E-state index contributed by atoms with van der Waals surface area (Å²) in [5.41, 5.74) is 4.30. The van der Waals surface area contributed by atoms with E-state index in [1.165, 1.54) is 12.0 Å². The first-order chi connectivity index (χ1) is 19.9. The van der Waals surface area contributed by atoms with Crippen molar-refractivity contribution in [3.05, 3.63) is 125 Å². The molecule has 210 valence electrons. The fourth-order valence-corrected chi connectivity index (χ4v) is 6.20. The summed E-state index contributed by atoms with van der Waals surface area (Å²) in [7, 11) is 0. The van der Waals surface area contributed by atoms with Gasteiger partial charge in [0.05, 0.1) is 11.5 Å². The van der Waals surface area contributed by atoms with Crippen molar-refractivity contribution in [2.24, 2.45) is 0 Å². The van der Waals surface area contributed by atoms with Gasteiger partial charge in [0.15, 0.2) is 0 Å². The Hall–Kier alpha value is -4.10. The third kappa shape index (κ3) is 5.34. The molecule has 1 amide bonds. The highest BCUT2D eigenvalue weighted by Crippen LogP contribution is 2.48. The number of anilines is 1. The van der Waals surface area contributed by atoms with Gasteiger partial charge in [-0.2, -0.15) is 8.78 Å². The molecule has 7 heteroatoms. The molecule has 3 aromatic carbocycles. The van der Waals surface area contributed by atoms with Crippen LogP contribution in [-0.2, 0) is 10.2 Å². The number of hydrogen-bond donors (Lipinski definition) is 1. The second-order valence-corrected chi connectivity index (χ2v) is 11.1. The van der Waals surface area contributed by atoms with E-state index in [4.69, 9.17) is 4.74 Å². The molecule has 1 saturated heterocycles. The average Bonchev–Trinajstić information content (AvgIpc) is 2.92. The van der Waals surface area contributed by atoms with E-state index in [1.54, 1.807) is 19.1 Å². The van der Waals surface area contributed by atoms with Crippen molar-refractivity contribution >= 4 is 11.6 Å². The molecule has 0 bridgehead atoms. The Balaban J connectivity index is 1.39. The van der Waals surface area contributed by atoms with E-state index in [1.807, 2.05) is 48.5 Å². The van der Waals surface area contributed by atoms with Crippen LogP contribution < -0.4 is 10.1 Å². The molecule has 1 N–H and O–H groups in total. The molecule has 1 aliphatic carbocycles. The highest BCUT2D eigenvalue weighted by Gasteiger charge is 2.54. The number of alkyl halides is 2. The topological polar surface area (TPSA) is 54.5 Å². The van der Waals surface area contributed by atoms with E-state index >= 15 is 0 Å². The van der Waals surface area contributed by atoms with Gasteiger partial charge in [-0.3, -0.25) is 9.69 Å². The number of aromatic nitrogens is 1. The van der Waals surface area contributed by atoms with Crippen LogP contribution in [0.5, 0.6) is 5.88 Å². The van der Waals surface area contributed by atoms with Crippen LogP contribution in [0.4, 0.5) is 14.5 Å².